The Morgan fingerprint density at radius 3 is 2.73 bits per heavy atom. The minimum absolute atomic E-state index is 0.191. The molecule has 2 aromatic heterocycles. The van der Waals surface area contributed by atoms with Gasteiger partial charge < -0.3 is 15.0 Å². The van der Waals surface area contributed by atoms with E-state index in [1.54, 1.807) is 4.68 Å². The SMILES string of the molecule is Cc1ccn(-c2nc(N[C@@H]3CCCC[C@H]3F)cc(N3CCOCC3)n2)n1. The van der Waals surface area contributed by atoms with E-state index >= 15 is 0 Å². The number of anilines is 2. The molecule has 1 saturated carbocycles. The van der Waals surface area contributed by atoms with E-state index in [9.17, 15) is 4.39 Å². The average Bonchev–Trinajstić information content (AvgIpc) is 3.11. The van der Waals surface area contributed by atoms with Gasteiger partial charge in [-0.3, -0.25) is 0 Å². The number of halogens is 1. The van der Waals surface area contributed by atoms with E-state index in [1.807, 2.05) is 25.3 Å². The number of nitrogens with zero attached hydrogens (tertiary/aromatic N) is 5. The summed E-state index contributed by atoms with van der Waals surface area (Å²) >= 11 is 0. The molecule has 26 heavy (non-hydrogen) atoms. The van der Waals surface area contributed by atoms with Gasteiger partial charge in [0, 0.05) is 25.4 Å². The number of hydrogen-bond donors (Lipinski definition) is 1. The molecule has 4 rings (SSSR count). The second-order valence-corrected chi connectivity index (χ2v) is 6.96. The molecular formula is C18H25FN6O. The molecular weight excluding hydrogens is 335 g/mol. The summed E-state index contributed by atoms with van der Waals surface area (Å²) in [5, 5.41) is 7.72. The minimum Gasteiger partial charge on any atom is -0.378 e. The molecule has 2 aliphatic rings. The van der Waals surface area contributed by atoms with Crippen LogP contribution in [0.1, 0.15) is 31.4 Å². The van der Waals surface area contributed by atoms with Crippen LogP contribution in [0.2, 0.25) is 0 Å². The van der Waals surface area contributed by atoms with E-state index in [2.05, 4.69) is 25.3 Å². The standard InChI is InChI=1S/C18H25FN6O/c1-13-6-7-25(23-13)18-21-16(20-15-5-3-2-4-14(15)19)12-17(22-18)24-8-10-26-11-9-24/h6-7,12,14-15H,2-5,8-11H2,1H3,(H,20,21,22)/t14-,15-/m1/s1. The Balaban J connectivity index is 1.65. The second kappa shape index (κ2) is 7.57. The van der Waals surface area contributed by atoms with Crippen molar-refractivity contribution in [2.24, 2.45) is 0 Å². The zero-order valence-corrected chi connectivity index (χ0v) is 15.1. The highest BCUT2D eigenvalue weighted by Gasteiger charge is 2.25. The lowest BCUT2D eigenvalue weighted by Crippen LogP contribution is -2.37. The largest absolute Gasteiger partial charge is 0.378 e. The van der Waals surface area contributed by atoms with Crippen LogP contribution in [0.3, 0.4) is 0 Å². The molecule has 2 fully saturated rings. The first-order valence-corrected chi connectivity index (χ1v) is 9.34. The molecule has 1 aliphatic heterocycles. The van der Waals surface area contributed by atoms with E-state index in [0.29, 0.717) is 31.4 Å². The van der Waals surface area contributed by atoms with E-state index in [0.717, 1.165) is 43.9 Å². The molecule has 7 nitrogen and oxygen atoms in total. The van der Waals surface area contributed by atoms with Crippen LogP contribution in [-0.2, 0) is 4.74 Å². The first-order chi connectivity index (χ1) is 12.7. The van der Waals surface area contributed by atoms with Crippen molar-refractivity contribution in [1.29, 1.82) is 0 Å². The molecule has 0 bridgehead atoms. The number of aromatic nitrogens is 4. The minimum atomic E-state index is -0.832. The summed E-state index contributed by atoms with van der Waals surface area (Å²) in [5.74, 6) is 1.97. The van der Waals surface area contributed by atoms with Gasteiger partial charge in [-0.15, -0.1) is 0 Å². The first-order valence-electron chi connectivity index (χ1n) is 9.34. The van der Waals surface area contributed by atoms with Crippen LogP contribution in [0.25, 0.3) is 5.95 Å². The third-order valence-electron chi connectivity index (χ3n) is 4.98. The predicted octanol–water partition coefficient (Wildman–Crippen LogP) is 2.50. The Morgan fingerprint density at radius 1 is 1.19 bits per heavy atom. The summed E-state index contributed by atoms with van der Waals surface area (Å²) in [6.45, 7) is 4.85. The van der Waals surface area contributed by atoms with E-state index < -0.39 is 6.17 Å². The molecule has 0 aromatic carbocycles. The van der Waals surface area contributed by atoms with Crippen molar-refractivity contribution in [3.8, 4) is 5.95 Å². The quantitative estimate of drug-likeness (QED) is 0.904. The number of ether oxygens (including phenoxy) is 1. The first kappa shape index (κ1) is 17.2. The maximum absolute atomic E-state index is 14.3. The van der Waals surface area contributed by atoms with Crippen molar-refractivity contribution in [2.45, 2.75) is 44.8 Å². The smallest absolute Gasteiger partial charge is 0.254 e. The lowest BCUT2D eigenvalue weighted by Gasteiger charge is -2.30. The van der Waals surface area contributed by atoms with Crippen LogP contribution >= 0.6 is 0 Å². The number of alkyl halides is 1. The van der Waals surface area contributed by atoms with Gasteiger partial charge in [0.25, 0.3) is 5.95 Å². The molecule has 140 valence electrons. The van der Waals surface area contributed by atoms with Crippen LogP contribution in [0.15, 0.2) is 18.3 Å². The van der Waals surface area contributed by atoms with Crippen LogP contribution in [-0.4, -0.2) is 58.3 Å². The van der Waals surface area contributed by atoms with Crippen molar-refractivity contribution in [2.75, 3.05) is 36.5 Å². The summed E-state index contributed by atoms with van der Waals surface area (Å²) in [5.41, 5.74) is 0.899. The molecule has 0 amide bonds. The van der Waals surface area contributed by atoms with Gasteiger partial charge in [0.2, 0.25) is 0 Å². The summed E-state index contributed by atoms with van der Waals surface area (Å²) in [6, 6.07) is 3.63. The zero-order valence-electron chi connectivity index (χ0n) is 15.1. The number of rotatable bonds is 4. The van der Waals surface area contributed by atoms with Crippen molar-refractivity contribution in [3.63, 3.8) is 0 Å². The van der Waals surface area contributed by atoms with Gasteiger partial charge >= 0.3 is 0 Å². The number of aryl methyl sites for hydroxylation is 1. The fourth-order valence-electron chi connectivity index (χ4n) is 3.52. The number of nitrogens with one attached hydrogen (secondary N) is 1. The van der Waals surface area contributed by atoms with Crippen LogP contribution in [0.4, 0.5) is 16.0 Å². The Kier molecular flexibility index (Phi) is 5.01. The molecule has 1 aliphatic carbocycles. The van der Waals surface area contributed by atoms with Gasteiger partial charge in [-0.25, -0.2) is 9.07 Å². The zero-order chi connectivity index (χ0) is 17.9. The lowest BCUT2D eigenvalue weighted by atomic mass is 9.94. The second-order valence-electron chi connectivity index (χ2n) is 6.96. The molecule has 1 N–H and O–H groups in total. The highest BCUT2D eigenvalue weighted by atomic mass is 19.1. The maximum atomic E-state index is 14.3. The number of morpholine rings is 1. The van der Waals surface area contributed by atoms with Gasteiger partial charge in [0.05, 0.1) is 24.9 Å². The van der Waals surface area contributed by atoms with Gasteiger partial charge in [-0.05, 0) is 25.8 Å². The highest BCUT2D eigenvalue weighted by Crippen LogP contribution is 2.26. The van der Waals surface area contributed by atoms with E-state index in [-0.39, 0.29) is 6.04 Å². The van der Waals surface area contributed by atoms with Crippen molar-refractivity contribution in [3.05, 3.63) is 24.0 Å². The number of hydrogen-bond acceptors (Lipinski definition) is 6. The van der Waals surface area contributed by atoms with Crippen molar-refractivity contribution >= 4 is 11.6 Å². The van der Waals surface area contributed by atoms with Crippen LogP contribution in [0, 0.1) is 6.92 Å². The Hall–Kier alpha value is -2.22. The average molecular weight is 360 g/mol. The summed E-state index contributed by atoms with van der Waals surface area (Å²) in [6.07, 6.45) is 4.46. The fraction of sp³-hybridized carbons (Fsp3) is 0.611. The molecule has 0 radical (unpaired) electrons. The highest BCUT2D eigenvalue weighted by molar-refractivity contribution is 5.52. The van der Waals surface area contributed by atoms with Gasteiger partial charge in [0.1, 0.15) is 17.8 Å². The fourth-order valence-corrected chi connectivity index (χ4v) is 3.52. The maximum Gasteiger partial charge on any atom is 0.254 e. The molecule has 1 saturated heterocycles. The molecule has 2 aromatic rings. The van der Waals surface area contributed by atoms with Crippen LogP contribution in [0.5, 0.6) is 0 Å². The van der Waals surface area contributed by atoms with E-state index in [1.165, 1.54) is 0 Å². The topological polar surface area (TPSA) is 68.1 Å². The molecule has 3 heterocycles. The Morgan fingerprint density at radius 2 is 2.00 bits per heavy atom. The molecule has 2 atom stereocenters. The third-order valence-corrected chi connectivity index (χ3v) is 4.98. The van der Waals surface area contributed by atoms with Gasteiger partial charge in [-0.1, -0.05) is 12.8 Å². The Bertz CT molecular complexity index is 745. The van der Waals surface area contributed by atoms with Gasteiger partial charge in [0.15, 0.2) is 0 Å². The monoisotopic (exact) mass is 360 g/mol. The molecule has 0 unspecified atom stereocenters. The summed E-state index contributed by atoms with van der Waals surface area (Å²) in [7, 11) is 0. The van der Waals surface area contributed by atoms with Crippen molar-refractivity contribution < 1.29 is 9.13 Å². The van der Waals surface area contributed by atoms with E-state index in [4.69, 9.17) is 4.74 Å². The van der Waals surface area contributed by atoms with Gasteiger partial charge in [-0.2, -0.15) is 15.1 Å². The van der Waals surface area contributed by atoms with Crippen molar-refractivity contribution in [1.82, 2.24) is 19.7 Å². The predicted molar refractivity (Wildman–Crippen MR) is 97.7 cm³/mol. The molecule has 0 spiro atoms. The third kappa shape index (κ3) is 3.80. The Labute approximate surface area is 152 Å². The summed E-state index contributed by atoms with van der Waals surface area (Å²) in [4.78, 5) is 11.4. The normalized spacial score (nSPS) is 23.8. The molecule has 8 heteroatoms. The summed E-state index contributed by atoms with van der Waals surface area (Å²) < 4.78 is 21.4. The lowest BCUT2D eigenvalue weighted by molar-refractivity contribution is 0.122. The van der Waals surface area contributed by atoms with Crippen LogP contribution < -0.4 is 10.2 Å².